The van der Waals surface area contributed by atoms with Crippen molar-refractivity contribution in [2.24, 2.45) is 5.73 Å². The van der Waals surface area contributed by atoms with Gasteiger partial charge in [0.15, 0.2) is 0 Å². The molecule has 17 heavy (non-hydrogen) atoms. The van der Waals surface area contributed by atoms with Crippen molar-refractivity contribution in [1.82, 2.24) is 4.90 Å². The van der Waals surface area contributed by atoms with Crippen LogP contribution in [0.1, 0.15) is 11.3 Å². The molecule has 0 aromatic carbocycles. The van der Waals surface area contributed by atoms with Crippen molar-refractivity contribution in [2.45, 2.75) is 13.1 Å². The van der Waals surface area contributed by atoms with Crippen LogP contribution in [0.25, 0.3) is 0 Å². The number of methoxy groups -OCH3 is 2. The van der Waals surface area contributed by atoms with Crippen LogP contribution >= 0.6 is 0 Å². The van der Waals surface area contributed by atoms with Crippen molar-refractivity contribution in [1.29, 1.82) is 0 Å². The molecule has 0 fully saturated rings. The van der Waals surface area contributed by atoms with Crippen LogP contribution in [0.3, 0.4) is 0 Å². The first kappa shape index (κ1) is 14.2. The Morgan fingerprint density at radius 2 is 1.88 bits per heavy atom. The van der Waals surface area contributed by atoms with Crippen molar-refractivity contribution < 1.29 is 13.9 Å². The first-order valence-corrected chi connectivity index (χ1v) is 5.76. The minimum atomic E-state index is 0.514. The lowest BCUT2D eigenvalue weighted by molar-refractivity contribution is 0.106. The Labute approximate surface area is 102 Å². The van der Waals surface area contributed by atoms with Crippen LogP contribution in [0, 0.1) is 0 Å². The van der Waals surface area contributed by atoms with Gasteiger partial charge in [0.25, 0.3) is 0 Å². The highest BCUT2D eigenvalue weighted by Gasteiger charge is 2.08. The van der Waals surface area contributed by atoms with E-state index < -0.39 is 0 Å². The Balaban J connectivity index is 2.45. The zero-order valence-corrected chi connectivity index (χ0v) is 10.6. The van der Waals surface area contributed by atoms with Gasteiger partial charge in [0.1, 0.15) is 5.76 Å². The molecule has 0 amide bonds. The molecule has 0 bridgehead atoms. The van der Waals surface area contributed by atoms with Crippen molar-refractivity contribution >= 4 is 0 Å². The summed E-state index contributed by atoms with van der Waals surface area (Å²) in [6, 6.07) is 1.99. The van der Waals surface area contributed by atoms with Crippen LogP contribution in [0.2, 0.25) is 0 Å². The minimum absolute atomic E-state index is 0.514. The Hall–Kier alpha value is -0.880. The van der Waals surface area contributed by atoms with Gasteiger partial charge in [-0.3, -0.25) is 4.90 Å². The van der Waals surface area contributed by atoms with Gasteiger partial charge in [0.05, 0.1) is 26.0 Å². The van der Waals surface area contributed by atoms with Gasteiger partial charge >= 0.3 is 0 Å². The van der Waals surface area contributed by atoms with E-state index in [9.17, 15) is 0 Å². The molecule has 0 atom stereocenters. The van der Waals surface area contributed by atoms with Crippen molar-refractivity contribution in [3.63, 3.8) is 0 Å². The van der Waals surface area contributed by atoms with Gasteiger partial charge in [-0.1, -0.05) is 0 Å². The molecule has 0 radical (unpaired) electrons. The minimum Gasteiger partial charge on any atom is -0.468 e. The second kappa shape index (κ2) is 8.25. The van der Waals surface area contributed by atoms with Gasteiger partial charge in [-0.2, -0.15) is 0 Å². The molecule has 0 aliphatic rings. The fourth-order valence-corrected chi connectivity index (χ4v) is 1.55. The Bertz CT molecular complexity index is 294. The van der Waals surface area contributed by atoms with Crippen molar-refractivity contribution in [3.05, 3.63) is 23.7 Å². The SMILES string of the molecule is COCCN(CCOC)Cc1cc(CN)co1. The van der Waals surface area contributed by atoms with E-state index in [0.29, 0.717) is 19.8 Å². The van der Waals surface area contributed by atoms with Crippen LogP contribution in [-0.2, 0) is 22.6 Å². The lowest BCUT2D eigenvalue weighted by atomic mass is 10.3. The van der Waals surface area contributed by atoms with Gasteiger partial charge in [0.2, 0.25) is 0 Å². The highest BCUT2D eigenvalue weighted by molar-refractivity contribution is 5.12. The second-order valence-corrected chi connectivity index (χ2v) is 3.89. The quantitative estimate of drug-likeness (QED) is 0.695. The molecule has 0 spiro atoms. The molecular formula is C12H22N2O3. The van der Waals surface area contributed by atoms with Gasteiger partial charge in [-0.05, 0) is 6.07 Å². The smallest absolute Gasteiger partial charge is 0.118 e. The lowest BCUT2D eigenvalue weighted by Gasteiger charge is -2.20. The third kappa shape index (κ3) is 5.32. The van der Waals surface area contributed by atoms with E-state index in [4.69, 9.17) is 19.6 Å². The fraction of sp³-hybridized carbons (Fsp3) is 0.667. The Morgan fingerprint density at radius 3 is 2.35 bits per heavy atom. The molecule has 1 rings (SSSR count). The number of nitrogens with two attached hydrogens (primary N) is 1. The van der Waals surface area contributed by atoms with E-state index in [0.717, 1.165) is 31.0 Å². The molecule has 0 saturated heterocycles. The molecule has 0 unspecified atom stereocenters. The summed E-state index contributed by atoms with van der Waals surface area (Å²) >= 11 is 0. The fourth-order valence-electron chi connectivity index (χ4n) is 1.55. The molecule has 98 valence electrons. The maximum atomic E-state index is 5.54. The Kier molecular flexibility index (Phi) is 6.88. The monoisotopic (exact) mass is 242 g/mol. The van der Waals surface area contributed by atoms with Crippen molar-refractivity contribution in [3.8, 4) is 0 Å². The number of furan rings is 1. The molecule has 0 saturated carbocycles. The largest absolute Gasteiger partial charge is 0.468 e. The summed E-state index contributed by atoms with van der Waals surface area (Å²) in [5, 5.41) is 0. The van der Waals surface area contributed by atoms with Gasteiger partial charge in [-0.15, -0.1) is 0 Å². The maximum absolute atomic E-state index is 5.54. The number of hydrogen-bond donors (Lipinski definition) is 1. The van der Waals surface area contributed by atoms with Gasteiger partial charge < -0.3 is 19.6 Å². The summed E-state index contributed by atoms with van der Waals surface area (Å²) in [5.41, 5.74) is 6.57. The molecule has 1 heterocycles. The molecule has 5 heteroatoms. The van der Waals surface area contributed by atoms with E-state index in [-0.39, 0.29) is 0 Å². The van der Waals surface area contributed by atoms with Crippen LogP contribution in [0.5, 0.6) is 0 Å². The van der Waals surface area contributed by atoms with E-state index in [1.807, 2.05) is 6.07 Å². The number of ether oxygens (including phenoxy) is 2. The molecule has 2 N–H and O–H groups in total. The lowest BCUT2D eigenvalue weighted by Crippen LogP contribution is -2.30. The van der Waals surface area contributed by atoms with Crippen LogP contribution < -0.4 is 5.73 Å². The summed E-state index contributed by atoms with van der Waals surface area (Å²) in [7, 11) is 3.40. The number of hydrogen-bond acceptors (Lipinski definition) is 5. The summed E-state index contributed by atoms with van der Waals surface area (Å²) < 4.78 is 15.6. The van der Waals surface area contributed by atoms with Gasteiger partial charge in [-0.25, -0.2) is 0 Å². The highest BCUT2D eigenvalue weighted by Crippen LogP contribution is 2.10. The number of rotatable bonds is 9. The maximum Gasteiger partial charge on any atom is 0.118 e. The van der Waals surface area contributed by atoms with E-state index >= 15 is 0 Å². The standard InChI is InChI=1S/C12H22N2O3/c1-15-5-3-14(4-6-16-2)9-12-7-11(8-13)10-17-12/h7,10H,3-6,8-9,13H2,1-2H3. The summed E-state index contributed by atoms with van der Waals surface area (Å²) in [6.07, 6.45) is 1.71. The van der Waals surface area contributed by atoms with Crippen molar-refractivity contribution in [2.75, 3.05) is 40.5 Å². The molecule has 1 aromatic heterocycles. The average molecular weight is 242 g/mol. The summed E-state index contributed by atoms with van der Waals surface area (Å²) in [5.74, 6) is 0.928. The average Bonchev–Trinajstić information content (AvgIpc) is 2.80. The predicted molar refractivity (Wildman–Crippen MR) is 65.6 cm³/mol. The highest BCUT2D eigenvalue weighted by atomic mass is 16.5. The van der Waals surface area contributed by atoms with E-state index in [1.165, 1.54) is 0 Å². The predicted octanol–water partition coefficient (Wildman–Crippen LogP) is 0.833. The first-order chi connectivity index (χ1) is 8.30. The van der Waals surface area contributed by atoms with E-state index in [1.54, 1.807) is 20.5 Å². The third-order valence-corrected chi connectivity index (χ3v) is 2.55. The van der Waals surface area contributed by atoms with Crippen LogP contribution in [0.15, 0.2) is 16.7 Å². The molecule has 0 aliphatic heterocycles. The number of nitrogens with zero attached hydrogens (tertiary/aromatic N) is 1. The first-order valence-electron chi connectivity index (χ1n) is 5.76. The Morgan fingerprint density at radius 1 is 1.24 bits per heavy atom. The zero-order valence-electron chi connectivity index (χ0n) is 10.6. The topological polar surface area (TPSA) is 60.9 Å². The molecule has 5 nitrogen and oxygen atoms in total. The van der Waals surface area contributed by atoms with E-state index in [2.05, 4.69) is 4.90 Å². The summed E-state index contributed by atoms with van der Waals surface area (Å²) in [6.45, 7) is 4.39. The van der Waals surface area contributed by atoms with Gasteiger partial charge in [0, 0.05) is 39.4 Å². The molecule has 1 aromatic rings. The second-order valence-electron chi connectivity index (χ2n) is 3.89. The zero-order chi connectivity index (χ0) is 12.5. The third-order valence-electron chi connectivity index (χ3n) is 2.55. The molecular weight excluding hydrogens is 220 g/mol. The molecule has 0 aliphatic carbocycles. The van der Waals surface area contributed by atoms with Crippen LogP contribution in [0.4, 0.5) is 0 Å². The summed E-state index contributed by atoms with van der Waals surface area (Å²) in [4.78, 5) is 2.23. The normalized spacial score (nSPS) is 11.3. The van der Waals surface area contributed by atoms with Crippen LogP contribution in [-0.4, -0.2) is 45.4 Å².